The molecule has 122 valence electrons. The second-order valence-electron chi connectivity index (χ2n) is 5.69. The Morgan fingerprint density at radius 3 is 2.82 bits per heavy atom. The topological polar surface area (TPSA) is 50.8 Å². The molecular formula is C16H23ClN2O3. The van der Waals surface area contributed by atoms with E-state index in [9.17, 15) is 4.79 Å². The predicted molar refractivity (Wildman–Crippen MR) is 87.2 cm³/mol. The minimum absolute atomic E-state index is 0. The molecule has 5 nitrogen and oxygen atoms in total. The summed E-state index contributed by atoms with van der Waals surface area (Å²) in [6.45, 7) is 2.70. The number of nitrogens with one attached hydrogen (secondary N) is 1. The van der Waals surface area contributed by atoms with E-state index in [0.29, 0.717) is 29.0 Å². The van der Waals surface area contributed by atoms with Crippen molar-refractivity contribution in [3.8, 4) is 11.5 Å². The maximum absolute atomic E-state index is 12.8. The summed E-state index contributed by atoms with van der Waals surface area (Å²) in [4.78, 5) is 14.8. The zero-order valence-electron chi connectivity index (χ0n) is 13.0. The van der Waals surface area contributed by atoms with Gasteiger partial charge in [0.2, 0.25) is 0 Å². The number of ether oxygens (including phenoxy) is 2. The minimum atomic E-state index is 0. The fraction of sp³-hybridized carbons (Fsp3) is 0.562. The van der Waals surface area contributed by atoms with Gasteiger partial charge in [-0.15, -0.1) is 12.4 Å². The summed E-state index contributed by atoms with van der Waals surface area (Å²) < 4.78 is 10.7. The number of rotatable bonds is 3. The standard InChI is InChI=1S/C16H22N2O3.ClH/c1-20-14-5-3-4-12(15(14)21-2)16(19)18-9-7-13-11(10-18)6-8-17-13;/h3-5,11,13,17H,6-10H2,1-2H3;1H. The third-order valence-electron chi connectivity index (χ3n) is 4.58. The minimum Gasteiger partial charge on any atom is -0.493 e. The average molecular weight is 327 g/mol. The quantitative estimate of drug-likeness (QED) is 0.922. The molecule has 2 aliphatic heterocycles. The lowest BCUT2D eigenvalue weighted by atomic mass is 9.93. The van der Waals surface area contributed by atoms with Crippen LogP contribution in [0.25, 0.3) is 0 Å². The zero-order valence-corrected chi connectivity index (χ0v) is 13.8. The second kappa shape index (κ2) is 7.20. The van der Waals surface area contributed by atoms with Gasteiger partial charge >= 0.3 is 0 Å². The van der Waals surface area contributed by atoms with Crippen LogP contribution in [0.15, 0.2) is 18.2 Å². The van der Waals surface area contributed by atoms with Crippen molar-refractivity contribution >= 4 is 18.3 Å². The summed E-state index contributed by atoms with van der Waals surface area (Å²) in [7, 11) is 3.16. The molecule has 2 aliphatic rings. The van der Waals surface area contributed by atoms with Crippen molar-refractivity contribution in [1.29, 1.82) is 0 Å². The van der Waals surface area contributed by atoms with Crippen molar-refractivity contribution in [2.45, 2.75) is 18.9 Å². The summed E-state index contributed by atoms with van der Waals surface area (Å²) in [6, 6.07) is 6.03. The number of halogens is 1. The number of amides is 1. The van der Waals surface area contributed by atoms with E-state index in [1.807, 2.05) is 23.1 Å². The summed E-state index contributed by atoms with van der Waals surface area (Å²) in [5.41, 5.74) is 0.584. The van der Waals surface area contributed by atoms with Crippen molar-refractivity contribution in [3.05, 3.63) is 23.8 Å². The molecule has 0 radical (unpaired) electrons. The Morgan fingerprint density at radius 2 is 2.09 bits per heavy atom. The van der Waals surface area contributed by atoms with Gasteiger partial charge in [0, 0.05) is 19.1 Å². The normalized spacial score (nSPS) is 23.5. The van der Waals surface area contributed by atoms with Crippen LogP contribution in [0.2, 0.25) is 0 Å². The third-order valence-corrected chi connectivity index (χ3v) is 4.58. The van der Waals surface area contributed by atoms with Crippen LogP contribution in [-0.4, -0.2) is 50.7 Å². The molecule has 3 rings (SSSR count). The van der Waals surface area contributed by atoms with Gasteiger partial charge in [-0.3, -0.25) is 4.79 Å². The largest absolute Gasteiger partial charge is 0.493 e. The Kier molecular flexibility index (Phi) is 5.53. The lowest BCUT2D eigenvalue weighted by molar-refractivity contribution is 0.0658. The highest BCUT2D eigenvalue weighted by atomic mass is 35.5. The summed E-state index contributed by atoms with van der Waals surface area (Å²) >= 11 is 0. The highest BCUT2D eigenvalue weighted by Crippen LogP contribution is 2.33. The molecular weight excluding hydrogens is 304 g/mol. The van der Waals surface area contributed by atoms with Crippen LogP contribution in [0.3, 0.4) is 0 Å². The van der Waals surface area contributed by atoms with Crippen LogP contribution in [-0.2, 0) is 0 Å². The van der Waals surface area contributed by atoms with Gasteiger partial charge in [0.05, 0.1) is 19.8 Å². The van der Waals surface area contributed by atoms with Crippen molar-refractivity contribution in [2.24, 2.45) is 5.92 Å². The molecule has 22 heavy (non-hydrogen) atoms. The van der Waals surface area contributed by atoms with E-state index in [4.69, 9.17) is 9.47 Å². The maximum atomic E-state index is 12.8. The third kappa shape index (κ3) is 3.01. The van der Waals surface area contributed by atoms with Crippen molar-refractivity contribution in [3.63, 3.8) is 0 Å². The number of hydrogen-bond donors (Lipinski definition) is 1. The molecule has 1 N–H and O–H groups in total. The smallest absolute Gasteiger partial charge is 0.257 e. The monoisotopic (exact) mass is 326 g/mol. The van der Waals surface area contributed by atoms with Crippen molar-refractivity contribution in [2.75, 3.05) is 33.9 Å². The van der Waals surface area contributed by atoms with Gasteiger partial charge in [-0.25, -0.2) is 0 Å². The molecule has 0 spiro atoms. The van der Waals surface area contributed by atoms with Gasteiger partial charge in [0.25, 0.3) is 5.91 Å². The number of carbonyl (C=O) groups excluding carboxylic acids is 1. The fourth-order valence-corrected chi connectivity index (χ4v) is 3.46. The number of carbonyl (C=O) groups is 1. The van der Waals surface area contributed by atoms with Crippen molar-refractivity contribution in [1.82, 2.24) is 10.2 Å². The predicted octanol–water partition coefficient (Wildman–Crippen LogP) is 1.95. The fourth-order valence-electron chi connectivity index (χ4n) is 3.46. The molecule has 2 atom stereocenters. The molecule has 2 saturated heterocycles. The van der Waals surface area contributed by atoms with Gasteiger partial charge in [0.15, 0.2) is 11.5 Å². The Bertz CT molecular complexity index is 538. The molecule has 0 bridgehead atoms. The number of piperidine rings is 1. The van der Waals surface area contributed by atoms with E-state index in [-0.39, 0.29) is 18.3 Å². The molecule has 1 aromatic carbocycles. The number of methoxy groups -OCH3 is 2. The van der Waals surface area contributed by atoms with Crippen LogP contribution in [0.1, 0.15) is 23.2 Å². The first-order valence-corrected chi connectivity index (χ1v) is 7.48. The van der Waals surface area contributed by atoms with Gasteiger partial charge in [-0.2, -0.15) is 0 Å². The molecule has 0 saturated carbocycles. The number of para-hydroxylation sites is 1. The molecule has 1 amide bonds. The number of fused-ring (bicyclic) bond motifs is 1. The molecule has 2 fully saturated rings. The molecule has 1 aromatic rings. The van der Waals surface area contributed by atoms with E-state index in [0.717, 1.165) is 32.5 Å². The summed E-state index contributed by atoms with van der Waals surface area (Å²) in [6.07, 6.45) is 2.19. The van der Waals surface area contributed by atoms with E-state index >= 15 is 0 Å². The van der Waals surface area contributed by atoms with E-state index in [2.05, 4.69) is 5.32 Å². The Labute approximate surface area is 137 Å². The summed E-state index contributed by atoms with van der Waals surface area (Å²) in [5.74, 6) is 1.74. The van der Waals surface area contributed by atoms with Gasteiger partial charge in [-0.1, -0.05) is 6.07 Å². The van der Waals surface area contributed by atoms with Crippen molar-refractivity contribution < 1.29 is 14.3 Å². The Balaban J connectivity index is 0.00000176. The van der Waals surface area contributed by atoms with Crippen LogP contribution in [0.4, 0.5) is 0 Å². The Hall–Kier alpha value is -1.46. The first-order chi connectivity index (χ1) is 10.2. The highest BCUT2D eigenvalue weighted by molar-refractivity contribution is 5.98. The first kappa shape index (κ1) is 16.9. The summed E-state index contributed by atoms with van der Waals surface area (Å²) in [5, 5.41) is 3.52. The van der Waals surface area contributed by atoms with Gasteiger partial charge in [-0.05, 0) is 37.4 Å². The van der Waals surface area contributed by atoms with Crippen LogP contribution >= 0.6 is 12.4 Å². The van der Waals surface area contributed by atoms with E-state index in [1.54, 1.807) is 14.2 Å². The molecule has 2 unspecified atom stereocenters. The molecule has 0 aliphatic carbocycles. The Morgan fingerprint density at radius 1 is 1.27 bits per heavy atom. The molecule has 2 heterocycles. The van der Waals surface area contributed by atoms with E-state index in [1.165, 1.54) is 0 Å². The second-order valence-corrected chi connectivity index (χ2v) is 5.69. The SMILES string of the molecule is COc1cccc(C(=O)N2CCC3NCCC3C2)c1OC.Cl. The van der Waals surface area contributed by atoms with Gasteiger partial charge < -0.3 is 19.7 Å². The van der Waals surface area contributed by atoms with Crippen LogP contribution in [0, 0.1) is 5.92 Å². The zero-order chi connectivity index (χ0) is 14.8. The van der Waals surface area contributed by atoms with E-state index < -0.39 is 0 Å². The van der Waals surface area contributed by atoms with Crippen LogP contribution in [0.5, 0.6) is 11.5 Å². The average Bonchev–Trinajstić information content (AvgIpc) is 3.00. The number of hydrogen-bond acceptors (Lipinski definition) is 4. The molecule has 0 aromatic heterocycles. The highest BCUT2D eigenvalue weighted by Gasteiger charge is 2.35. The number of benzene rings is 1. The number of likely N-dealkylation sites (tertiary alicyclic amines) is 1. The van der Waals surface area contributed by atoms with Gasteiger partial charge in [0.1, 0.15) is 0 Å². The van der Waals surface area contributed by atoms with Crippen LogP contribution < -0.4 is 14.8 Å². The number of nitrogens with zero attached hydrogens (tertiary/aromatic N) is 1. The lowest BCUT2D eigenvalue weighted by Crippen LogP contribution is -2.46. The maximum Gasteiger partial charge on any atom is 0.257 e. The first-order valence-electron chi connectivity index (χ1n) is 7.48. The molecule has 6 heteroatoms. The lowest BCUT2D eigenvalue weighted by Gasteiger charge is -2.35.